The monoisotopic (exact) mass is 157 g/mol. The molecule has 2 heterocycles. The maximum Gasteiger partial charge on any atom is 0.407 e. The number of fused-ring (bicyclic) bond motifs is 1. The summed E-state index contributed by atoms with van der Waals surface area (Å²) in [7, 11) is 0. The van der Waals surface area contributed by atoms with Crippen molar-refractivity contribution in [3.63, 3.8) is 0 Å². The van der Waals surface area contributed by atoms with Crippen molar-refractivity contribution in [1.82, 2.24) is 4.90 Å². The van der Waals surface area contributed by atoms with E-state index in [0.717, 1.165) is 13.2 Å². The average molecular weight is 157 g/mol. The van der Waals surface area contributed by atoms with E-state index in [9.17, 15) is 4.79 Å². The van der Waals surface area contributed by atoms with Crippen LogP contribution < -0.4 is 0 Å². The zero-order valence-electron chi connectivity index (χ0n) is 6.19. The van der Waals surface area contributed by atoms with Crippen molar-refractivity contribution in [3.05, 3.63) is 0 Å². The third-order valence-electron chi connectivity index (χ3n) is 2.51. The van der Waals surface area contributed by atoms with Crippen molar-refractivity contribution in [2.75, 3.05) is 26.3 Å². The number of likely N-dealkylation sites (tertiary alicyclic amines) is 1. The van der Waals surface area contributed by atoms with Crippen LogP contribution in [0.15, 0.2) is 0 Å². The minimum Gasteiger partial charge on any atom is -0.465 e. The lowest BCUT2D eigenvalue weighted by Gasteiger charge is -2.11. The lowest BCUT2D eigenvalue weighted by Crippen LogP contribution is -2.28. The van der Waals surface area contributed by atoms with Crippen molar-refractivity contribution < 1.29 is 14.6 Å². The third kappa shape index (κ3) is 1.07. The van der Waals surface area contributed by atoms with Crippen LogP contribution in [0.2, 0.25) is 0 Å². The molecule has 0 aromatic rings. The quantitative estimate of drug-likeness (QED) is 0.548. The molecule has 2 aliphatic heterocycles. The van der Waals surface area contributed by atoms with Crippen LogP contribution in [0.4, 0.5) is 4.79 Å². The van der Waals surface area contributed by atoms with Gasteiger partial charge in [0.15, 0.2) is 0 Å². The Balaban J connectivity index is 1.99. The molecule has 0 aromatic heterocycles. The summed E-state index contributed by atoms with van der Waals surface area (Å²) >= 11 is 0. The summed E-state index contributed by atoms with van der Waals surface area (Å²) in [4.78, 5) is 12.0. The molecule has 4 heteroatoms. The minimum atomic E-state index is -0.792. The maximum atomic E-state index is 10.5. The zero-order valence-corrected chi connectivity index (χ0v) is 6.19. The molecule has 4 nitrogen and oxygen atoms in total. The molecule has 2 saturated heterocycles. The van der Waals surface area contributed by atoms with Gasteiger partial charge in [-0.2, -0.15) is 0 Å². The Morgan fingerprint density at radius 1 is 1.36 bits per heavy atom. The number of hydrogen-bond donors (Lipinski definition) is 1. The average Bonchev–Trinajstić information content (AvgIpc) is 2.40. The van der Waals surface area contributed by atoms with Gasteiger partial charge < -0.3 is 14.7 Å². The van der Waals surface area contributed by atoms with E-state index < -0.39 is 6.09 Å². The van der Waals surface area contributed by atoms with Crippen LogP contribution in [0.5, 0.6) is 0 Å². The molecule has 62 valence electrons. The number of carbonyl (C=O) groups is 1. The predicted molar refractivity (Wildman–Crippen MR) is 37.4 cm³/mol. The molecule has 0 unspecified atom stereocenters. The molecule has 2 fully saturated rings. The summed E-state index contributed by atoms with van der Waals surface area (Å²) in [6.07, 6.45) is -0.792. The third-order valence-corrected chi connectivity index (χ3v) is 2.51. The Labute approximate surface area is 64.7 Å². The fourth-order valence-electron chi connectivity index (χ4n) is 1.84. The van der Waals surface area contributed by atoms with Gasteiger partial charge in [0, 0.05) is 24.9 Å². The summed E-state index contributed by atoms with van der Waals surface area (Å²) in [5.74, 6) is 0.928. The summed E-state index contributed by atoms with van der Waals surface area (Å²) in [5.41, 5.74) is 0. The van der Waals surface area contributed by atoms with Crippen LogP contribution in [0.3, 0.4) is 0 Å². The van der Waals surface area contributed by atoms with Crippen LogP contribution >= 0.6 is 0 Å². The normalized spacial score (nSPS) is 35.8. The van der Waals surface area contributed by atoms with Crippen LogP contribution in [0.1, 0.15) is 0 Å². The Kier molecular flexibility index (Phi) is 1.49. The topological polar surface area (TPSA) is 49.8 Å². The molecule has 1 amide bonds. The highest BCUT2D eigenvalue weighted by atomic mass is 16.5. The van der Waals surface area contributed by atoms with E-state index in [4.69, 9.17) is 9.84 Å². The summed E-state index contributed by atoms with van der Waals surface area (Å²) in [5, 5.41) is 8.65. The van der Waals surface area contributed by atoms with Crippen LogP contribution in [0, 0.1) is 11.8 Å². The second-order valence-electron chi connectivity index (χ2n) is 3.25. The Hall–Kier alpha value is -0.770. The van der Waals surface area contributed by atoms with Gasteiger partial charge in [0.2, 0.25) is 0 Å². The van der Waals surface area contributed by atoms with Gasteiger partial charge in [-0.05, 0) is 0 Å². The van der Waals surface area contributed by atoms with Gasteiger partial charge >= 0.3 is 6.09 Å². The molecule has 0 saturated carbocycles. The number of ether oxygens (including phenoxy) is 1. The van der Waals surface area contributed by atoms with E-state index in [2.05, 4.69) is 0 Å². The first kappa shape index (κ1) is 6.91. The SMILES string of the molecule is O=C(O)N1C[C@H]2COC[C@H]2C1. The fourth-order valence-corrected chi connectivity index (χ4v) is 1.84. The smallest absolute Gasteiger partial charge is 0.407 e. The predicted octanol–water partition coefficient (Wildman–Crippen LogP) is 0.243. The molecular weight excluding hydrogens is 146 g/mol. The van der Waals surface area contributed by atoms with Crippen LogP contribution in [-0.4, -0.2) is 42.4 Å². The molecule has 0 radical (unpaired) electrons. The van der Waals surface area contributed by atoms with Crippen molar-refractivity contribution >= 4 is 6.09 Å². The Bertz CT molecular complexity index is 171. The van der Waals surface area contributed by atoms with Crippen molar-refractivity contribution in [1.29, 1.82) is 0 Å². The summed E-state index contributed by atoms with van der Waals surface area (Å²) in [6.45, 7) is 2.82. The highest BCUT2D eigenvalue weighted by Gasteiger charge is 2.38. The van der Waals surface area contributed by atoms with Gasteiger partial charge in [0.1, 0.15) is 0 Å². The largest absolute Gasteiger partial charge is 0.465 e. The van der Waals surface area contributed by atoms with Gasteiger partial charge in [-0.3, -0.25) is 0 Å². The van der Waals surface area contributed by atoms with Gasteiger partial charge in [-0.15, -0.1) is 0 Å². The molecular formula is C7H11NO3. The molecule has 0 spiro atoms. The van der Waals surface area contributed by atoms with Crippen molar-refractivity contribution in [2.45, 2.75) is 0 Å². The minimum absolute atomic E-state index is 0.464. The first-order valence-electron chi connectivity index (χ1n) is 3.83. The second-order valence-corrected chi connectivity index (χ2v) is 3.25. The molecule has 0 aromatic carbocycles. The van der Waals surface area contributed by atoms with Crippen molar-refractivity contribution in [3.8, 4) is 0 Å². The zero-order chi connectivity index (χ0) is 7.84. The number of rotatable bonds is 0. The standard InChI is InChI=1S/C7H11NO3/c9-7(10)8-1-5-3-11-4-6(5)2-8/h5-6H,1-4H2,(H,9,10)/t5-,6+. The Morgan fingerprint density at radius 3 is 2.36 bits per heavy atom. The Morgan fingerprint density at radius 2 is 1.91 bits per heavy atom. The summed E-state index contributed by atoms with van der Waals surface area (Å²) in [6, 6.07) is 0. The number of hydrogen-bond acceptors (Lipinski definition) is 2. The van der Waals surface area contributed by atoms with E-state index in [1.54, 1.807) is 0 Å². The highest BCUT2D eigenvalue weighted by molar-refractivity contribution is 5.65. The number of nitrogens with zero attached hydrogens (tertiary/aromatic N) is 1. The van der Waals surface area contributed by atoms with Gasteiger partial charge in [0.25, 0.3) is 0 Å². The van der Waals surface area contributed by atoms with Crippen LogP contribution in [-0.2, 0) is 4.74 Å². The molecule has 2 atom stereocenters. The lowest BCUT2D eigenvalue weighted by atomic mass is 10.0. The molecule has 11 heavy (non-hydrogen) atoms. The van der Waals surface area contributed by atoms with Gasteiger partial charge in [0.05, 0.1) is 13.2 Å². The van der Waals surface area contributed by atoms with Gasteiger partial charge in [-0.25, -0.2) is 4.79 Å². The molecule has 1 N–H and O–H groups in total. The van der Waals surface area contributed by atoms with E-state index in [1.807, 2.05) is 0 Å². The van der Waals surface area contributed by atoms with E-state index >= 15 is 0 Å². The second kappa shape index (κ2) is 2.37. The van der Waals surface area contributed by atoms with E-state index in [0.29, 0.717) is 24.9 Å². The van der Waals surface area contributed by atoms with Crippen LogP contribution in [0.25, 0.3) is 0 Å². The summed E-state index contributed by atoms with van der Waals surface area (Å²) < 4.78 is 5.22. The van der Waals surface area contributed by atoms with E-state index in [-0.39, 0.29) is 0 Å². The van der Waals surface area contributed by atoms with E-state index in [1.165, 1.54) is 4.90 Å². The molecule has 0 aliphatic carbocycles. The van der Waals surface area contributed by atoms with Gasteiger partial charge in [-0.1, -0.05) is 0 Å². The fraction of sp³-hybridized carbons (Fsp3) is 0.857. The van der Waals surface area contributed by atoms with Crippen molar-refractivity contribution in [2.24, 2.45) is 11.8 Å². The number of carboxylic acid groups (broad SMARTS) is 1. The molecule has 2 aliphatic rings. The highest BCUT2D eigenvalue weighted by Crippen LogP contribution is 2.28. The molecule has 2 rings (SSSR count). The first-order valence-corrected chi connectivity index (χ1v) is 3.83. The number of amides is 1. The molecule has 0 bridgehead atoms. The maximum absolute atomic E-state index is 10.5. The lowest BCUT2D eigenvalue weighted by molar-refractivity contribution is 0.131. The first-order chi connectivity index (χ1) is 5.27.